The molecule has 4 aromatic heterocycles. The van der Waals surface area contributed by atoms with Crippen LogP contribution in [-0.2, 0) is 0 Å². The predicted octanol–water partition coefficient (Wildman–Crippen LogP) is 11.8. The molecule has 4 heterocycles. The lowest BCUT2D eigenvalue weighted by Gasteiger charge is -2.11. The minimum Gasteiger partial charge on any atom is -0.455 e. The summed E-state index contributed by atoms with van der Waals surface area (Å²) >= 11 is 0. The van der Waals surface area contributed by atoms with Gasteiger partial charge in [0, 0.05) is 49.7 Å². The van der Waals surface area contributed by atoms with E-state index in [1.54, 1.807) is 0 Å². The Morgan fingerprint density at radius 1 is 0.396 bits per heavy atom. The Labute approximate surface area is 303 Å². The fourth-order valence-electron chi connectivity index (χ4n) is 7.81. The van der Waals surface area contributed by atoms with Gasteiger partial charge in [0.2, 0.25) is 0 Å². The number of rotatable bonds is 5. The highest BCUT2D eigenvalue weighted by Gasteiger charge is 2.25. The molecule has 0 amide bonds. The number of fused-ring (bicyclic) bond motifs is 8. The Morgan fingerprint density at radius 3 is 1.60 bits per heavy atom. The SMILES string of the molecule is c1ccc(-c2nc(-c3ccccc3)nc(-c3ccc(-n4c5ccccc5n5c6ccccc6c(-c6cccc7c6oc6ccccc67)c45)cc3)n2)cc1. The van der Waals surface area contributed by atoms with E-state index in [4.69, 9.17) is 19.4 Å². The smallest absolute Gasteiger partial charge is 0.164 e. The van der Waals surface area contributed by atoms with Gasteiger partial charge in [0.15, 0.2) is 17.5 Å². The maximum absolute atomic E-state index is 6.64. The summed E-state index contributed by atoms with van der Waals surface area (Å²) in [5, 5.41) is 3.39. The van der Waals surface area contributed by atoms with Gasteiger partial charge in [0.1, 0.15) is 16.8 Å². The molecule has 0 saturated carbocycles. The molecule has 0 N–H and O–H groups in total. The van der Waals surface area contributed by atoms with Crippen LogP contribution in [0, 0.1) is 0 Å². The Morgan fingerprint density at radius 2 is 0.925 bits per heavy atom. The maximum Gasteiger partial charge on any atom is 0.164 e. The second-order valence-electron chi connectivity index (χ2n) is 13.2. The fourth-order valence-corrected chi connectivity index (χ4v) is 7.81. The van der Waals surface area contributed by atoms with E-state index in [0.717, 1.165) is 77.6 Å². The number of hydrogen-bond donors (Lipinski definition) is 0. The molecule has 248 valence electrons. The first-order valence-electron chi connectivity index (χ1n) is 17.7. The van der Waals surface area contributed by atoms with Gasteiger partial charge in [-0.25, -0.2) is 15.0 Å². The fraction of sp³-hybridized carbons (Fsp3) is 0. The van der Waals surface area contributed by atoms with Crippen molar-refractivity contribution in [2.75, 3.05) is 0 Å². The normalized spacial score (nSPS) is 11.8. The Balaban J connectivity index is 1.15. The number of imidazole rings is 1. The zero-order chi connectivity index (χ0) is 34.9. The van der Waals surface area contributed by atoms with Crippen LogP contribution in [-0.4, -0.2) is 23.9 Å². The average molecular weight is 680 g/mol. The Kier molecular flexibility index (Phi) is 6.45. The van der Waals surface area contributed by atoms with Crippen molar-refractivity contribution in [3.05, 3.63) is 176 Å². The zero-order valence-corrected chi connectivity index (χ0v) is 28.4. The van der Waals surface area contributed by atoms with E-state index in [-0.39, 0.29) is 0 Å². The van der Waals surface area contributed by atoms with Crippen molar-refractivity contribution >= 4 is 49.5 Å². The molecular weight excluding hydrogens is 651 g/mol. The van der Waals surface area contributed by atoms with E-state index < -0.39 is 0 Å². The van der Waals surface area contributed by atoms with Crippen LogP contribution < -0.4 is 0 Å². The monoisotopic (exact) mass is 679 g/mol. The first-order valence-corrected chi connectivity index (χ1v) is 17.7. The van der Waals surface area contributed by atoms with Crippen LogP contribution in [0.5, 0.6) is 0 Å². The summed E-state index contributed by atoms with van der Waals surface area (Å²) in [6.07, 6.45) is 0. The van der Waals surface area contributed by atoms with Crippen LogP contribution >= 0.6 is 0 Å². The van der Waals surface area contributed by atoms with Gasteiger partial charge >= 0.3 is 0 Å². The zero-order valence-electron chi connectivity index (χ0n) is 28.4. The highest BCUT2D eigenvalue weighted by molar-refractivity contribution is 6.16. The second-order valence-corrected chi connectivity index (χ2v) is 13.2. The number of nitrogens with zero attached hydrogens (tertiary/aromatic N) is 5. The summed E-state index contributed by atoms with van der Waals surface area (Å²) in [4.78, 5) is 14.8. The highest BCUT2D eigenvalue weighted by Crippen LogP contribution is 2.44. The number of para-hydroxylation sites is 5. The van der Waals surface area contributed by atoms with E-state index >= 15 is 0 Å². The van der Waals surface area contributed by atoms with Gasteiger partial charge in [-0.1, -0.05) is 127 Å². The summed E-state index contributed by atoms with van der Waals surface area (Å²) in [7, 11) is 0. The predicted molar refractivity (Wildman–Crippen MR) is 214 cm³/mol. The molecule has 7 aromatic carbocycles. The molecule has 0 fully saturated rings. The Hall–Kier alpha value is -7.31. The molecule has 0 atom stereocenters. The van der Waals surface area contributed by atoms with Gasteiger partial charge in [-0.3, -0.25) is 8.97 Å². The molecule has 11 aromatic rings. The molecule has 6 nitrogen and oxygen atoms in total. The van der Waals surface area contributed by atoms with Gasteiger partial charge in [0.25, 0.3) is 0 Å². The van der Waals surface area contributed by atoms with Crippen LogP contribution in [0.3, 0.4) is 0 Å². The molecule has 0 spiro atoms. The van der Waals surface area contributed by atoms with Gasteiger partial charge < -0.3 is 4.42 Å². The number of benzene rings is 7. The van der Waals surface area contributed by atoms with Crippen molar-refractivity contribution in [1.29, 1.82) is 0 Å². The third kappa shape index (κ3) is 4.56. The lowest BCUT2D eigenvalue weighted by Crippen LogP contribution is -2.00. The quantitative estimate of drug-likeness (QED) is 0.182. The number of furan rings is 1. The van der Waals surface area contributed by atoms with Crippen LogP contribution in [0.1, 0.15) is 0 Å². The number of hydrogen-bond acceptors (Lipinski definition) is 4. The standard InChI is InChI=1S/C47H29N5O/c1-3-14-30(15-4-1)44-48-45(31-16-5-2-6-17-31)50-46(49-44)32-26-28-33(29-27-32)51-39-23-10-11-24-40(39)52-38-22-9-7-19-36(38)42(47(51)52)37-21-13-20-35-34-18-8-12-25-41(34)53-43(35)37/h1-29H. The molecule has 0 aliphatic heterocycles. The molecule has 6 heteroatoms. The third-order valence-corrected chi connectivity index (χ3v) is 10.2. The van der Waals surface area contributed by atoms with E-state index in [9.17, 15) is 0 Å². The van der Waals surface area contributed by atoms with Crippen molar-refractivity contribution in [1.82, 2.24) is 23.9 Å². The van der Waals surface area contributed by atoms with Crippen LogP contribution in [0.4, 0.5) is 0 Å². The van der Waals surface area contributed by atoms with Crippen LogP contribution in [0.15, 0.2) is 180 Å². The topological polar surface area (TPSA) is 61.2 Å². The third-order valence-electron chi connectivity index (χ3n) is 10.2. The van der Waals surface area contributed by atoms with Gasteiger partial charge in [0.05, 0.1) is 16.6 Å². The summed E-state index contributed by atoms with van der Waals surface area (Å²) in [6.45, 7) is 0. The van der Waals surface area contributed by atoms with Crippen molar-refractivity contribution in [2.24, 2.45) is 0 Å². The molecule has 0 unspecified atom stereocenters. The minimum absolute atomic E-state index is 0.623. The first kappa shape index (κ1) is 29.4. The molecule has 0 aliphatic carbocycles. The van der Waals surface area contributed by atoms with Crippen molar-refractivity contribution < 1.29 is 4.42 Å². The second kappa shape index (κ2) is 11.6. The largest absolute Gasteiger partial charge is 0.455 e. The minimum atomic E-state index is 0.623. The Bertz CT molecular complexity index is 3100. The van der Waals surface area contributed by atoms with E-state index in [2.05, 4.69) is 112 Å². The van der Waals surface area contributed by atoms with E-state index in [1.165, 1.54) is 5.39 Å². The summed E-state index contributed by atoms with van der Waals surface area (Å²) in [5.74, 6) is 1.90. The van der Waals surface area contributed by atoms with Crippen LogP contribution in [0.2, 0.25) is 0 Å². The highest BCUT2D eigenvalue weighted by atomic mass is 16.3. The van der Waals surface area contributed by atoms with Gasteiger partial charge in [-0.05, 0) is 48.5 Å². The van der Waals surface area contributed by atoms with Crippen molar-refractivity contribution in [3.8, 4) is 51.0 Å². The molecule has 11 rings (SSSR count). The molecule has 0 radical (unpaired) electrons. The van der Waals surface area contributed by atoms with Gasteiger partial charge in [-0.2, -0.15) is 0 Å². The average Bonchev–Trinajstić information content (AvgIpc) is 3.89. The van der Waals surface area contributed by atoms with Crippen LogP contribution in [0.25, 0.3) is 100 Å². The lowest BCUT2D eigenvalue weighted by molar-refractivity contribution is 0.670. The summed E-state index contributed by atoms with van der Waals surface area (Å²) in [6, 6.07) is 60.7. The molecular formula is C47H29N5O. The molecule has 0 bridgehead atoms. The van der Waals surface area contributed by atoms with Crippen molar-refractivity contribution in [2.45, 2.75) is 0 Å². The summed E-state index contributed by atoms with van der Waals surface area (Å²) in [5.41, 5.74) is 12.2. The molecule has 53 heavy (non-hydrogen) atoms. The number of aromatic nitrogens is 5. The van der Waals surface area contributed by atoms with E-state index in [1.807, 2.05) is 72.8 Å². The van der Waals surface area contributed by atoms with E-state index in [0.29, 0.717) is 17.5 Å². The summed E-state index contributed by atoms with van der Waals surface area (Å²) < 4.78 is 11.4. The maximum atomic E-state index is 6.64. The van der Waals surface area contributed by atoms with Gasteiger partial charge in [-0.15, -0.1) is 0 Å². The lowest BCUT2D eigenvalue weighted by atomic mass is 10.0. The first-order chi connectivity index (χ1) is 26.3. The molecule has 0 aliphatic rings. The molecule has 0 saturated heterocycles. The van der Waals surface area contributed by atoms with Crippen molar-refractivity contribution in [3.63, 3.8) is 0 Å².